The average molecular weight is 1280 g/mol. The number of benzene rings is 14. The summed E-state index contributed by atoms with van der Waals surface area (Å²) in [6, 6.07) is 116. The van der Waals surface area contributed by atoms with Gasteiger partial charge in [0, 0.05) is 21.2 Å². The first-order chi connectivity index (χ1) is 45.3. The molecule has 0 saturated heterocycles. The fourth-order valence-corrected chi connectivity index (χ4v) is 12.2. The number of carbonyl (C=O) groups excluding carboxylic acids is 1. The summed E-state index contributed by atoms with van der Waals surface area (Å²) in [5.41, 5.74) is 11.2. The van der Waals surface area contributed by atoms with E-state index in [1.54, 1.807) is 6.07 Å². The van der Waals surface area contributed by atoms with E-state index in [0.29, 0.717) is 5.56 Å². The van der Waals surface area contributed by atoms with Crippen LogP contribution in [-0.2, 0) is 20.0 Å². The number of fused-ring (bicyclic) bond motifs is 7. The van der Waals surface area contributed by atoms with Crippen molar-refractivity contribution in [1.29, 1.82) is 0 Å². The number of halogens is 1. The largest absolute Gasteiger partial charge is 1.00 e. The Balaban J connectivity index is 0.000000142. The molecule has 5 nitrogen and oxygen atoms in total. The van der Waals surface area contributed by atoms with Gasteiger partial charge in [0.1, 0.15) is 18.3 Å². The van der Waals surface area contributed by atoms with E-state index in [4.69, 9.17) is 14.2 Å². The van der Waals surface area contributed by atoms with Crippen molar-refractivity contribution in [3.63, 3.8) is 0 Å². The van der Waals surface area contributed by atoms with Gasteiger partial charge in [-0.15, -0.1) is 16.8 Å². The zero-order valence-corrected chi connectivity index (χ0v) is 54.7. The summed E-state index contributed by atoms with van der Waals surface area (Å²) in [6.45, 7) is 5.72. The number of carbonyl (C=O) groups is 1. The maximum Gasteiger partial charge on any atom is 1.00 e. The molecule has 0 saturated carbocycles. The van der Waals surface area contributed by atoms with Gasteiger partial charge in [-0.2, -0.15) is 30.7 Å². The standard InChI is InChI=1S/C24H18O2.C24H18O.C14H10O2.C10H7Br.C10H7.C4H9.2Li/c25-24(20-15-14-17-8-4-5-11-19(17)16-20)22-13-7-6-12-21(22)23(26-24)18-9-2-1-3-10-18;1-2-9-18(10-3-1)23-21-12-6-7-13-22(21)24(25-23)20-15-14-17-8-4-5-11-19(17)16-20;15-14-12-9-5-4-8-11(12)13(16-14)10-6-2-1-3-7-10;11-10-6-5-8-3-1-2-4-9(8)7-10;1-2-6-10-8-4-3-7-9(10)5-1;1-3-4-2;;/h1-16,23,25H;1-16,23-24H;1-9,13H;1-7H;1-3,5-8H;1,3-4H2,2H3;;/q;;;;2*-1;2*+1/p+1. The predicted octanol–water partition coefficient (Wildman–Crippen LogP) is 16.1. The molecule has 8 heteroatoms. The van der Waals surface area contributed by atoms with Crippen LogP contribution in [0.4, 0.5) is 0 Å². The fraction of sp³-hybridized carbons (Fsp3) is 0.0930. The summed E-state index contributed by atoms with van der Waals surface area (Å²) < 4.78 is 19.4. The molecule has 3 heterocycles. The van der Waals surface area contributed by atoms with E-state index in [0.717, 1.165) is 55.0 Å². The Bertz CT molecular complexity index is 4700. The molecule has 5 atom stereocenters. The van der Waals surface area contributed by atoms with Gasteiger partial charge < -0.3 is 26.2 Å². The van der Waals surface area contributed by atoms with E-state index in [2.05, 4.69) is 200 Å². The van der Waals surface area contributed by atoms with Gasteiger partial charge in [-0.05, 0) is 102 Å². The third-order valence-electron chi connectivity index (χ3n) is 16.6. The Morgan fingerprint density at radius 3 is 1.40 bits per heavy atom. The maximum atomic E-state index is 11.6. The van der Waals surface area contributed by atoms with Crippen LogP contribution < -0.4 is 37.7 Å². The topological polar surface area (TPSA) is 65.0 Å². The van der Waals surface area contributed by atoms with Crippen LogP contribution in [0.15, 0.2) is 338 Å². The van der Waals surface area contributed by atoms with E-state index in [1.807, 2.05) is 164 Å². The molecule has 0 aromatic heterocycles. The van der Waals surface area contributed by atoms with Crippen molar-refractivity contribution >= 4 is 65.0 Å². The van der Waals surface area contributed by atoms with Crippen molar-refractivity contribution in [3.8, 4) is 0 Å². The normalized spacial score (nSPS) is 16.7. The van der Waals surface area contributed by atoms with E-state index < -0.39 is 5.79 Å². The van der Waals surface area contributed by atoms with Crippen molar-refractivity contribution in [2.24, 2.45) is 0 Å². The van der Waals surface area contributed by atoms with Crippen LogP contribution >= 0.6 is 15.9 Å². The van der Waals surface area contributed by atoms with Crippen LogP contribution in [0.2, 0.25) is 0 Å². The minimum atomic E-state index is -1.46. The number of hydrogen-bond acceptors (Lipinski definition) is 5. The fourth-order valence-electron chi connectivity index (χ4n) is 11.9. The third kappa shape index (κ3) is 15.8. The zero-order chi connectivity index (χ0) is 63.1. The molecule has 14 aromatic carbocycles. The molecular formula is C86H70BrLi2O5+. The van der Waals surface area contributed by atoms with E-state index in [1.165, 1.54) is 61.0 Å². The van der Waals surface area contributed by atoms with Gasteiger partial charge in [0.2, 0.25) is 5.79 Å². The molecule has 452 valence electrons. The van der Waals surface area contributed by atoms with Gasteiger partial charge in [-0.1, -0.05) is 308 Å². The number of esters is 1. The predicted molar refractivity (Wildman–Crippen MR) is 380 cm³/mol. The molecule has 0 spiro atoms. The van der Waals surface area contributed by atoms with Gasteiger partial charge in [0.05, 0.1) is 5.56 Å². The molecule has 0 amide bonds. The minimum absolute atomic E-state index is 0. The molecule has 0 radical (unpaired) electrons. The van der Waals surface area contributed by atoms with Gasteiger partial charge in [0.25, 0.3) is 0 Å². The molecule has 0 bridgehead atoms. The summed E-state index contributed by atoms with van der Waals surface area (Å²) in [6.07, 6.45) is 1.72. The van der Waals surface area contributed by atoms with E-state index in [9.17, 15) is 9.90 Å². The number of rotatable bonds is 6. The molecular weight excluding hydrogens is 1210 g/mol. The molecule has 1 N–H and O–H groups in total. The summed E-state index contributed by atoms with van der Waals surface area (Å²) in [5, 5.41) is 21.4. The molecule has 94 heavy (non-hydrogen) atoms. The van der Waals surface area contributed by atoms with E-state index in [-0.39, 0.29) is 69.5 Å². The molecule has 17 rings (SSSR count). The Hall–Kier alpha value is -8.86. The Morgan fingerprint density at radius 2 is 0.840 bits per heavy atom. The monoisotopic (exact) mass is 1280 g/mol. The SMILES string of the molecule is Brc1ccc2ccccc2c1.O=C1OC(c2ccccc2)c2ccccc21.OC1(c2ccc3ccccc3c2)OC(c2ccccc2)c2ccccc21.[CH2-]CCC.[H+].[Li+].[Li+].[c-]1ccc2ccccc2c1.c1ccc(C2OC(c3ccc4ccccc4c3)c3ccccc32)cc1. The Kier molecular flexibility index (Phi) is 23.7. The van der Waals surface area contributed by atoms with Crippen molar-refractivity contribution in [2.75, 3.05) is 0 Å². The number of aliphatic hydroxyl groups is 1. The van der Waals surface area contributed by atoms with Crippen LogP contribution in [0, 0.1) is 13.0 Å². The summed E-state index contributed by atoms with van der Waals surface area (Å²) in [7, 11) is 0. The van der Waals surface area contributed by atoms with Crippen molar-refractivity contribution < 1.29 is 63.3 Å². The van der Waals surface area contributed by atoms with Crippen LogP contribution in [0.3, 0.4) is 0 Å². The molecule has 3 aliphatic heterocycles. The van der Waals surface area contributed by atoms with Crippen LogP contribution in [0.25, 0.3) is 43.1 Å². The molecule has 0 fully saturated rings. The van der Waals surface area contributed by atoms with Gasteiger partial charge in [-0.25, -0.2) is 4.79 Å². The summed E-state index contributed by atoms with van der Waals surface area (Å²) >= 11 is 3.43. The first kappa shape index (κ1) is 68.0. The van der Waals surface area contributed by atoms with Crippen molar-refractivity contribution in [2.45, 2.75) is 50.0 Å². The summed E-state index contributed by atoms with van der Waals surface area (Å²) in [4.78, 5) is 11.6. The first-order valence-electron chi connectivity index (χ1n) is 31.2. The van der Waals surface area contributed by atoms with Crippen LogP contribution in [-0.4, -0.2) is 11.1 Å². The van der Waals surface area contributed by atoms with Gasteiger partial charge in [-0.3, -0.25) is 0 Å². The first-order valence-corrected chi connectivity index (χ1v) is 32.0. The van der Waals surface area contributed by atoms with Crippen LogP contribution in [0.1, 0.15) is 112 Å². The Morgan fingerprint density at radius 1 is 0.426 bits per heavy atom. The molecule has 14 aromatic rings. The Labute approximate surface area is 586 Å². The average Bonchev–Trinajstić information content (AvgIpc) is 1.60. The number of hydrogen-bond donors (Lipinski definition) is 1. The van der Waals surface area contributed by atoms with Crippen molar-refractivity contribution in [3.05, 3.63) is 412 Å². The van der Waals surface area contributed by atoms with Gasteiger partial charge >= 0.3 is 45.1 Å². The number of cyclic esters (lactones) is 1. The second-order valence-electron chi connectivity index (χ2n) is 22.6. The molecule has 3 aliphatic rings. The van der Waals surface area contributed by atoms with Crippen molar-refractivity contribution in [1.82, 2.24) is 0 Å². The zero-order valence-electron chi connectivity index (χ0n) is 54.1. The second-order valence-corrected chi connectivity index (χ2v) is 23.6. The van der Waals surface area contributed by atoms with Gasteiger partial charge in [0.15, 0.2) is 6.10 Å². The summed E-state index contributed by atoms with van der Waals surface area (Å²) in [5.74, 6) is -1.69. The van der Waals surface area contributed by atoms with E-state index >= 15 is 0 Å². The smallest absolute Gasteiger partial charge is 0.449 e. The number of unbranched alkanes of at least 4 members (excludes halogenated alkanes) is 1. The number of ether oxygens (including phenoxy) is 3. The molecule has 0 aliphatic carbocycles. The minimum Gasteiger partial charge on any atom is -0.449 e. The maximum absolute atomic E-state index is 11.6. The second kappa shape index (κ2) is 32.8. The van der Waals surface area contributed by atoms with Crippen LogP contribution in [0.5, 0.6) is 0 Å². The quantitative estimate of drug-likeness (QED) is 0.102. The molecule has 5 unspecified atom stereocenters. The third-order valence-corrected chi connectivity index (χ3v) is 17.1.